The monoisotopic (exact) mass is 299 g/mol. The normalized spacial score (nSPS) is 18.3. The molecular formula is C18H18ClNO. The average molecular weight is 300 g/mol. The SMILES string of the molecule is CN1C(=O)CCC1Cc1ccc(-c2cccc(Cl)c2)cc1. The molecule has 21 heavy (non-hydrogen) atoms. The second-order valence-electron chi connectivity index (χ2n) is 5.61. The predicted molar refractivity (Wildman–Crippen MR) is 86.4 cm³/mol. The van der Waals surface area contributed by atoms with Crippen molar-refractivity contribution in [3.63, 3.8) is 0 Å². The van der Waals surface area contributed by atoms with Gasteiger partial charge in [-0.25, -0.2) is 0 Å². The average Bonchev–Trinajstić information content (AvgIpc) is 2.80. The summed E-state index contributed by atoms with van der Waals surface area (Å²) in [5.74, 6) is 0.260. The quantitative estimate of drug-likeness (QED) is 0.833. The zero-order chi connectivity index (χ0) is 14.8. The van der Waals surface area contributed by atoms with Gasteiger partial charge in [-0.05, 0) is 41.7 Å². The molecule has 3 heteroatoms. The zero-order valence-electron chi connectivity index (χ0n) is 12.1. The highest BCUT2D eigenvalue weighted by Gasteiger charge is 2.27. The summed E-state index contributed by atoms with van der Waals surface area (Å²) < 4.78 is 0. The molecule has 0 radical (unpaired) electrons. The summed E-state index contributed by atoms with van der Waals surface area (Å²) in [6.07, 6.45) is 2.57. The number of amides is 1. The molecule has 0 bridgehead atoms. The number of benzene rings is 2. The second-order valence-corrected chi connectivity index (χ2v) is 6.04. The van der Waals surface area contributed by atoms with Crippen LogP contribution in [0.3, 0.4) is 0 Å². The number of rotatable bonds is 3. The minimum Gasteiger partial charge on any atom is -0.342 e. The van der Waals surface area contributed by atoms with Crippen LogP contribution in [-0.4, -0.2) is 23.9 Å². The van der Waals surface area contributed by atoms with E-state index in [2.05, 4.69) is 30.3 Å². The maximum Gasteiger partial charge on any atom is 0.222 e. The predicted octanol–water partition coefficient (Wildman–Crippen LogP) is 4.17. The minimum atomic E-state index is 0.260. The number of carbonyl (C=O) groups is 1. The van der Waals surface area contributed by atoms with E-state index in [0.717, 1.165) is 29.0 Å². The molecule has 0 N–H and O–H groups in total. The van der Waals surface area contributed by atoms with Gasteiger partial charge in [-0.3, -0.25) is 4.79 Å². The standard InChI is InChI=1S/C18H18ClNO/c1-20-17(9-10-18(20)21)11-13-5-7-14(8-6-13)15-3-2-4-16(19)12-15/h2-8,12,17H,9-11H2,1H3. The first-order valence-electron chi connectivity index (χ1n) is 7.24. The number of likely N-dealkylation sites (N-methyl/N-ethyl adjacent to an activating group) is 1. The van der Waals surface area contributed by atoms with Crippen molar-refractivity contribution in [1.82, 2.24) is 4.90 Å². The number of nitrogens with zero attached hydrogens (tertiary/aromatic N) is 1. The van der Waals surface area contributed by atoms with Crippen molar-refractivity contribution in [2.45, 2.75) is 25.3 Å². The van der Waals surface area contributed by atoms with Gasteiger partial charge in [0.2, 0.25) is 5.91 Å². The highest BCUT2D eigenvalue weighted by molar-refractivity contribution is 6.30. The van der Waals surface area contributed by atoms with Crippen molar-refractivity contribution in [2.75, 3.05) is 7.05 Å². The van der Waals surface area contributed by atoms with Crippen molar-refractivity contribution in [3.05, 3.63) is 59.1 Å². The van der Waals surface area contributed by atoms with Crippen LogP contribution in [0.4, 0.5) is 0 Å². The molecule has 1 amide bonds. The van der Waals surface area contributed by atoms with Crippen LogP contribution >= 0.6 is 11.6 Å². The van der Waals surface area contributed by atoms with Gasteiger partial charge in [0.1, 0.15) is 0 Å². The van der Waals surface area contributed by atoms with Gasteiger partial charge in [0.25, 0.3) is 0 Å². The summed E-state index contributed by atoms with van der Waals surface area (Å²) in [5.41, 5.74) is 3.56. The van der Waals surface area contributed by atoms with Crippen molar-refractivity contribution in [2.24, 2.45) is 0 Å². The van der Waals surface area contributed by atoms with E-state index in [1.807, 2.05) is 30.1 Å². The molecule has 0 saturated carbocycles. The maximum atomic E-state index is 11.6. The lowest BCUT2D eigenvalue weighted by atomic mass is 10.00. The van der Waals surface area contributed by atoms with Crippen LogP contribution in [0.25, 0.3) is 11.1 Å². The fraction of sp³-hybridized carbons (Fsp3) is 0.278. The molecule has 1 unspecified atom stereocenters. The first-order valence-corrected chi connectivity index (χ1v) is 7.62. The molecule has 0 aliphatic carbocycles. The Labute approximate surface area is 130 Å². The van der Waals surface area contributed by atoms with Crippen LogP contribution in [-0.2, 0) is 11.2 Å². The van der Waals surface area contributed by atoms with E-state index in [0.29, 0.717) is 12.5 Å². The Morgan fingerprint density at radius 2 is 1.90 bits per heavy atom. The Balaban J connectivity index is 1.74. The van der Waals surface area contributed by atoms with Gasteiger partial charge in [0, 0.05) is 24.5 Å². The van der Waals surface area contributed by atoms with Crippen molar-refractivity contribution in [1.29, 1.82) is 0 Å². The van der Waals surface area contributed by atoms with Crippen LogP contribution in [0, 0.1) is 0 Å². The lowest BCUT2D eigenvalue weighted by molar-refractivity contribution is -0.127. The first kappa shape index (κ1) is 14.2. The van der Waals surface area contributed by atoms with E-state index >= 15 is 0 Å². The van der Waals surface area contributed by atoms with Crippen LogP contribution in [0.1, 0.15) is 18.4 Å². The molecule has 1 heterocycles. The van der Waals surface area contributed by atoms with Gasteiger partial charge >= 0.3 is 0 Å². The first-order chi connectivity index (χ1) is 10.1. The van der Waals surface area contributed by atoms with Gasteiger partial charge in [0.15, 0.2) is 0 Å². The molecule has 1 aliphatic heterocycles. The third kappa shape index (κ3) is 3.11. The van der Waals surface area contributed by atoms with E-state index in [-0.39, 0.29) is 5.91 Å². The molecule has 0 aromatic heterocycles. The van der Waals surface area contributed by atoms with Crippen molar-refractivity contribution in [3.8, 4) is 11.1 Å². The fourth-order valence-corrected chi connectivity index (χ4v) is 3.07. The van der Waals surface area contributed by atoms with Crippen LogP contribution in [0.2, 0.25) is 5.02 Å². The zero-order valence-corrected chi connectivity index (χ0v) is 12.8. The molecule has 1 aliphatic rings. The Morgan fingerprint density at radius 3 is 2.52 bits per heavy atom. The molecule has 2 aromatic rings. The third-order valence-corrected chi connectivity index (χ3v) is 4.45. The van der Waals surface area contributed by atoms with E-state index in [1.54, 1.807) is 0 Å². The van der Waals surface area contributed by atoms with Crippen LogP contribution in [0.5, 0.6) is 0 Å². The summed E-state index contributed by atoms with van der Waals surface area (Å²) in [6.45, 7) is 0. The van der Waals surface area contributed by atoms with Gasteiger partial charge in [0.05, 0.1) is 0 Å². The van der Waals surface area contributed by atoms with E-state index in [9.17, 15) is 4.79 Å². The summed E-state index contributed by atoms with van der Waals surface area (Å²) in [6, 6.07) is 16.8. The Morgan fingerprint density at radius 1 is 1.14 bits per heavy atom. The summed E-state index contributed by atoms with van der Waals surface area (Å²) in [7, 11) is 1.90. The number of likely N-dealkylation sites (tertiary alicyclic amines) is 1. The lowest BCUT2D eigenvalue weighted by Crippen LogP contribution is -2.30. The van der Waals surface area contributed by atoms with Crippen LogP contribution in [0.15, 0.2) is 48.5 Å². The van der Waals surface area contributed by atoms with E-state index in [4.69, 9.17) is 11.6 Å². The van der Waals surface area contributed by atoms with Crippen molar-refractivity contribution < 1.29 is 4.79 Å². The number of carbonyl (C=O) groups excluding carboxylic acids is 1. The smallest absolute Gasteiger partial charge is 0.222 e. The molecule has 1 saturated heterocycles. The summed E-state index contributed by atoms with van der Waals surface area (Å²) >= 11 is 6.03. The number of hydrogen-bond acceptors (Lipinski definition) is 1. The lowest BCUT2D eigenvalue weighted by Gasteiger charge is -2.19. The largest absolute Gasteiger partial charge is 0.342 e. The highest BCUT2D eigenvalue weighted by Crippen LogP contribution is 2.25. The minimum absolute atomic E-state index is 0.260. The molecule has 2 nitrogen and oxygen atoms in total. The fourth-order valence-electron chi connectivity index (χ4n) is 2.88. The van der Waals surface area contributed by atoms with Gasteiger partial charge in [-0.1, -0.05) is 48.0 Å². The Kier molecular flexibility index (Phi) is 3.98. The number of hydrogen-bond donors (Lipinski definition) is 0. The Hall–Kier alpha value is -1.80. The topological polar surface area (TPSA) is 20.3 Å². The van der Waals surface area contributed by atoms with Gasteiger partial charge in [-0.15, -0.1) is 0 Å². The van der Waals surface area contributed by atoms with E-state index < -0.39 is 0 Å². The second kappa shape index (κ2) is 5.90. The third-order valence-electron chi connectivity index (χ3n) is 4.22. The molecular weight excluding hydrogens is 282 g/mol. The summed E-state index contributed by atoms with van der Waals surface area (Å²) in [4.78, 5) is 13.4. The molecule has 1 atom stereocenters. The number of halogens is 1. The van der Waals surface area contributed by atoms with E-state index in [1.165, 1.54) is 5.56 Å². The van der Waals surface area contributed by atoms with Crippen LogP contribution < -0.4 is 0 Å². The molecule has 0 spiro atoms. The maximum absolute atomic E-state index is 11.6. The molecule has 2 aromatic carbocycles. The molecule has 108 valence electrons. The summed E-state index contributed by atoms with van der Waals surface area (Å²) in [5, 5.41) is 0.752. The molecule has 3 rings (SSSR count). The Bertz CT molecular complexity index is 651. The van der Waals surface area contributed by atoms with Crippen molar-refractivity contribution >= 4 is 17.5 Å². The molecule has 1 fully saturated rings. The van der Waals surface area contributed by atoms with Gasteiger partial charge < -0.3 is 4.90 Å². The van der Waals surface area contributed by atoms with Gasteiger partial charge in [-0.2, -0.15) is 0 Å². The highest BCUT2D eigenvalue weighted by atomic mass is 35.5.